The summed E-state index contributed by atoms with van der Waals surface area (Å²) in [7, 11) is 2.38. The second-order valence-electron chi connectivity index (χ2n) is 5.80. The number of aromatic nitrogens is 2. The van der Waals surface area contributed by atoms with E-state index in [1.807, 2.05) is 54.6 Å². The van der Waals surface area contributed by atoms with Gasteiger partial charge in [0.2, 0.25) is 0 Å². The van der Waals surface area contributed by atoms with Crippen LogP contribution in [0, 0.1) is 0 Å². The van der Waals surface area contributed by atoms with Crippen molar-refractivity contribution in [1.82, 2.24) is 9.97 Å². The number of carbonyl (C=O) groups is 1. The summed E-state index contributed by atoms with van der Waals surface area (Å²) in [5.74, 6) is -0.322. The normalized spacial score (nSPS) is 10.9. The van der Waals surface area contributed by atoms with Gasteiger partial charge in [-0.1, -0.05) is 30.3 Å². The Hall–Kier alpha value is -2.51. The minimum atomic E-state index is -0.894. The highest BCUT2D eigenvalue weighted by atomic mass is 32.2. The average molecular weight is 428 g/mol. The zero-order chi connectivity index (χ0) is 20.6. The molecule has 150 valence electrons. The third-order valence-electron chi connectivity index (χ3n) is 3.94. The van der Waals surface area contributed by atoms with Gasteiger partial charge in [0, 0.05) is 30.4 Å². The second kappa shape index (κ2) is 10.3. The zero-order valence-corrected chi connectivity index (χ0v) is 17.7. The molecule has 0 aliphatic carbocycles. The van der Waals surface area contributed by atoms with E-state index in [2.05, 4.69) is 15.3 Å². The number of nitrogen functional groups attached to an aromatic ring is 1. The molecule has 7 nitrogen and oxygen atoms in total. The first kappa shape index (κ1) is 21.2. The van der Waals surface area contributed by atoms with Crippen molar-refractivity contribution in [1.29, 1.82) is 0 Å². The number of thioether (sulfide) groups is 1. The standard InChI is InChI=1S/C20H21N4O3PS/c1-26-28(27-2)13-29-16-10-8-15(9-11-16)23-20(25)18-19(21)22-12-17(24-18)14-6-4-3-5-7-14/h3-12H,13H2,1-2H3,(H2,21,22)(H,23,25). The monoisotopic (exact) mass is 428 g/mol. The van der Waals surface area contributed by atoms with Gasteiger partial charge in [-0.05, 0) is 24.3 Å². The van der Waals surface area contributed by atoms with Crippen molar-refractivity contribution in [2.45, 2.75) is 4.90 Å². The summed E-state index contributed by atoms with van der Waals surface area (Å²) < 4.78 is 10.5. The Kier molecular flexibility index (Phi) is 7.55. The first-order valence-corrected chi connectivity index (χ1v) is 11.0. The lowest BCUT2D eigenvalue weighted by molar-refractivity contribution is 0.102. The number of carbonyl (C=O) groups excluding carboxylic acids is 1. The van der Waals surface area contributed by atoms with Crippen LogP contribution >= 0.6 is 20.1 Å². The van der Waals surface area contributed by atoms with Gasteiger partial charge in [0.05, 0.1) is 17.4 Å². The average Bonchev–Trinajstić information content (AvgIpc) is 2.76. The maximum Gasteiger partial charge on any atom is 0.278 e. The van der Waals surface area contributed by atoms with Crippen LogP contribution in [0.25, 0.3) is 11.3 Å². The molecule has 0 unspecified atom stereocenters. The number of anilines is 2. The van der Waals surface area contributed by atoms with Crippen molar-refractivity contribution in [3.8, 4) is 11.3 Å². The van der Waals surface area contributed by atoms with E-state index in [-0.39, 0.29) is 11.5 Å². The van der Waals surface area contributed by atoms with Crippen molar-refractivity contribution < 1.29 is 13.8 Å². The molecular weight excluding hydrogens is 407 g/mol. The molecule has 2 aromatic carbocycles. The van der Waals surface area contributed by atoms with Crippen molar-refractivity contribution in [3.63, 3.8) is 0 Å². The highest BCUT2D eigenvalue weighted by Gasteiger charge is 2.15. The second-order valence-corrected chi connectivity index (χ2v) is 8.99. The zero-order valence-electron chi connectivity index (χ0n) is 16.0. The Balaban J connectivity index is 1.69. The molecule has 0 aliphatic rings. The number of amides is 1. The maximum atomic E-state index is 12.7. The molecule has 0 saturated heterocycles. The van der Waals surface area contributed by atoms with Crippen LogP contribution in [0.4, 0.5) is 11.5 Å². The molecule has 3 rings (SSSR count). The van der Waals surface area contributed by atoms with Gasteiger partial charge in [0.1, 0.15) is 0 Å². The molecule has 1 aromatic heterocycles. The van der Waals surface area contributed by atoms with Crippen LogP contribution in [0.1, 0.15) is 10.5 Å². The summed E-state index contributed by atoms with van der Waals surface area (Å²) in [6.07, 6.45) is 1.56. The van der Waals surface area contributed by atoms with Crippen molar-refractivity contribution in [2.24, 2.45) is 0 Å². The van der Waals surface area contributed by atoms with Gasteiger partial charge >= 0.3 is 0 Å². The quantitative estimate of drug-likeness (QED) is 0.398. The predicted molar refractivity (Wildman–Crippen MR) is 118 cm³/mol. The van der Waals surface area contributed by atoms with Gasteiger partial charge in [-0.3, -0.25) is 4.79 Å². The van der Waals surface area contributed by atoms with Gasteiger partial charge in [0.15, 0.2) is 19.9 Å². The summed E-state index contributed by atoms with van der Waals surface area (Å²) in [5.41, 5.74) is 8.80. The van der Waals surface area contributed by atoms with E-state index < -0.39 is 14.3 Å². The molecule has 0 spiro atoms. The van der Waals surface area contributed by atoms with Crippen molar-refractivity contribution in [2.75, 3.05) is 30.8 Å². The molecule has 0 fully saturated rings. The van der Waals surface area contributed by atoms with Crippen LogP contribution < -0.4 is 11.1 Å². The molecule has 0 aliphatic heterocycles. The van der Waals surface area contributed by atoms with E-state index >= 15 is 0 Å². The van der Waals surface area contributed by atoms with Crippen LogP contribution in [0.2, 0.25) is 0 Å². The Labute approximate surface area is 175 Å². The SMILES string of the molecule is COP(CSc1ccc(NC(=O)c2nc(-c3ccccc3)cnc2N)cc1)OC. The molecule has 3 N–H and O–H groups in total. The summed E-state index contributed by atoms with van der Waals surface area (Å²) in [5, 5.41) is 2.82. The molecule has 0 saturated carbocycles. The lowest BCUT2D eigenvalue weighted by Gasteiger charge is -2.12. The fourth-order valence-corrected chi connectivity index (χ4v) is 4.78. The molecular formula is C20H21N4O3PS. The minimum Gasteiger partial charge on any atom is -0.382 e. The number of nitrogens with zero attached hydrogens (tertiary/aromatic N) is 2. The number of hydrogen-bond donors (Lipinski definition) is 2. The van der Waals surface area contributed by atoms with E-state index in [1.54, 1.807) is 32.2 Å². The highest BCUT2D eigenvalue weighted by molar-refractivity contribution is 8.04. The van der Waals surface area contributed by atoms with Gasteiger partial charge in [-0.15, -0.1) is 11.8 Å². The van der Waals surface area contributed by atoms with E-state index in [4.69, 9.17) is 14.8 Å². The van der Waals surface area contributed by atoms with Crippen LogP contribution in [0.5, 0.6) is 0 Å². The molecule has 1 heterocycles. The Morgan fingerprint density at radius 1 is 1.10 bits per heavy atom. The number of nitrogens with one attached hydrogen (secondary N) is 1. The third kappa shape index (κ3) is 5.74. The van der Waals surface area contributed by atoms with E-state index in [0.717, 1.165) is 16.0 Å². The minimum absolute atomic E-state index is 0.0850. The smallest absolute Gasteiger partial charge is 0.278 e. The van der Waals surface area contributed by atoms with Gasteiger partial charge in [-0.25, -0.2) is 9.97 Å². The van der Waals surface area contributed by atoms with E-state index in [1.165, 1.54) is 0 Å². The summed E-state index contributed by atoms with van der Waals surface area (Å²) in [6, 6.07) is 17.0. The van der Waals surface area contributed by atoms with Crippen LogP contribution in [0.15, 0.2) is 65.7 Å². The molecule has 9 heteroatoms. The summed E-state index contributed by atoms with van der Waals surface area (Å²) in [6.45, 7) is 0. The fourth-order valence-electron chi connectivity index (χ4n) is 2.45. The molecule has 1 amide bonds. The molecule has 29 heavy (non-hydrogen) atoms. The first-order chi connectivity index (χ1) is 14.1. The molecule has 0 atom stereocenters. The highest BCUT2D eigenvalue weighted by Crippen LogP contribution is 2.42. The number of rotatable bonds is 8. The summed E-state index contributed by atoms with van der Waals surface area (Å²) >= 11 is 1.63. The van der Waals surface area contributed by atoms with Crippen LogP contribution in [-0.4, -0.2) is 35.6 Å². The summed E-state index contributed by atoms with van der Waals surface area (Å²) in [4.78, 5) is 22.2. The molecule has 0 bridgehead atoms. The number of benzene rings is 2. The van der Waals surface area contributed by atoms with Gasteiger partial charge in [-0.2, -0.15) is 0 Å². The number of nitrogens with two attached hydrogens (primary N) is 1. The molecule has 0 radical (unpaired) electrons. The van der Waals surface area contributed by atoms with Gasteiger partial charge in [0.25, 0.3) is 5.91 Å². The lowest BCUT2D eigenvalue weighted by Crippen LogP contribution is -2.17. The third-order valence-corrected chi connectivity index (χ3v) is 6.72. The Bertz CT molecular complexity index is 954. The van der Waals surface area contributed by atoms with Crippen molar-refractivity contribution >= 4 is 37.5 Å². The largest absolute Gasteiger partial charge is 0.382 e. The first-order valence-electron chi connectivity index (χ1n) is 8.68. The lowest BCUT2D eigenvalue weighted by atomic mass is 10.1. The Morgan fingerprint density at radius 3 is 2.45 bits per heavy atom. The number of hydrogen-bond acceptors (Lipinski definition) is 7. The maximum absolute atomic E-state index is 12.7. The Morgan fingerprint density at radius 2 is 1.79 bits per heavy atom. The fraction of sp³-hybridized carbons (Fsp3) is 0.150. The van der Waals surface area contributed by atoms with Crippen LogP contribution in [0.3, 0.4) is 0 Å². The predicted octanol–water partition coefficient (Wildman–Crippen LogP) is 4.63. The van der Waals surface area contributed by atoms with E-state index in [9.17, 15) is 4.79 Å². The molecule has 3 aromatic rings. The van der Waals surface area contributed by atoms with E-state index in [0.29, 0.717) is 11.4 Å². The van der Waals surface area contributed by atoms with Crippen molar-refractivity contribution in [3.05, 3.63) is 66.5 Å². The van der Waals surface area contributed by atoms with Gasteiger partial charge < -0.3 is 20.1 Å². The topological polar surface area (TPSA) is 99.4 Å². The van der Waals surface area contributed by atoms with Crippen LogP contribution in [-0.2, 0) is 9.05 Å².